The van der Waals surface area contributed by atoms with Gasteiger partial charge < -0.3 is 10.4 Å². The fraction of sp³-hybridized carbons (Fsp3) is 0.600. The highest BCUT2D eigenvalue weighted by Crippen LogP contribution is 2.29. The van der Waals surface area contributed by atoms with E-state index in [-0.39, 0.29) is 5.69 Å². The van der Waals surface area contributed by atoms with Gasteiger partial charge in [-0.05, 0) is 48.9 Å². The van der Waals surface area contributed by atoms with Gasteiger partial charge in [0.2, 0.25) is 0 Å². The minimum Gasteiger partial charge on any atom is -0.387 e. The fourth-order valence-corrected chi connectivity index (χ4v) is 2.87. The third-order valence-corrected chi connectivity index (χ3v) is 4.06. The molecule has 2 rings (SSSR count). The molecule has 0 heterocycles. The maximum absolute atomic E-state index is 10.6. The summed E-state index contributed by atoms with van der Waals surface area (Å²) in [6.45, 7) is 3.71. The average Bonchev–Trinajstić information content (AvgIpc) is 2.84. The lowest BCUT2D eigenvalue weighted by atomic mass is 10.1. The third-order valence-electron chi connectivity index (χ3n) is 4.06. The average molecular weight is 278 g/mol. The smallest absolute Gasteiger partial charge is 0.269 e. The molecular formula is C15H22N2O3. The predicted molar refractivity (Wildman–Crippen MR) is 77.4 cm³/mol. The standard InChI is InChI=1S/C15H22N2O3/c1-11-2-3-12(8-11)9-16-10-15(18)13-4-6-14(7-5-13)17(19)20/h4-7,11-12,15-16,18H,2-3,8-10H2,1H3. The van der Waals surface area contributed by atoms with Crippen molar-refractivity contribution in [1.82, 2.24) is 5.32 Å². The second-order valence-corrected chi connectivity index (χ2v) is 5.81. The molecule has 110 valence electrons. The number of benzene rings is 1. The maximum Gasteiger partial charge on any atom is 0.269 e. The summed E-state index contributed by atoms with van der Waals surface area (Å²) in [6.07, 6.45) is 3.22. The van der Waals surface area contributed by atoms with Crippen molar-refractivity contribution in [2.75, 3.05) is 13.1 Å². The number of nitrogens with one attached hydrogen (secondary N) is 1. The molecule has 3 atom stereocenters. The second kappa shape index (κ2) is 6.81. The summed E-state index contributed by atoms with van der Waals surface area (Å²) >= 11 is 0. The summed E-state index contributed by atoms with van der Waals surface area (Å²) in [5.41, 5.74) is 0.761. The Kier molecular flexibility index (Phi) is 5.09. The van der Waals surface area contributed by atoms with Gasteiger partial charge in [-0.2, -0.15) is 0 Å². The van der Waals surface area contributed by atoms with Crippen LogP contribution in [-0.4, -0.2) is 23.1 Å². The molecular weight excluding hydrogens is 256 g/mol. The molecule has 0 radical (unpaired) electrons. The maximum atomic E-state index is 10.6. The van der Waals surface area contributed by atoms with E-state index in [2.05, 4.69) is 12.2 Å². The van der Waals surface area contributed by atoms with Gasteiger partial charge in [0.1, 0.15) is 0 Å². The molecule has 0 saturated heterocycles. The van der Waals surface area contributed by atoms with Gasteiger partial charge >= 0.3 is 0 Å². The van der Waals surface area contributed by atoms with Crippen molar-refractivity contribution in [3.63, 3.8) is 0 Å². The summed E-state index contributed by atoms with van der Waals surface area (Å²) in [5, 5.41) is 23.9. The topological polar surface area (TPSA) is 75.4 Å². The van der Waals surface area contributed by atoms with Crippen LogP contribution in [0.4, 0.5) is 5.69 Å². The van der Waals surface area contributed by atoms with Crippen molar-refractivity contribution in [2.24, 2.45) is 11.8 Å². The van der Waals surface area contributed by atoms with E-state index in [1.165, 1.54) is 31.4 Å². The first-order valence-corrected chi connectivity index (χ1v) is 7.19. The van der Waals surface area contributed by atoms with Crippen molar-refractivity contribution in [3.05, 3.63) is 39.9 Å². The van der Waals surface area contributed by atoms with Crippen LogP contribution in [-0.2, 0) is 0 Å². The van der Waals surface area contributed by atoms with Crippen molar-refractivity contribution >= 4 is 5.69 Å². The summed E-state index contributed by atoms with van der Waals surface area (Å²) in [7, 11) is 0. The van der Waals surface area contributed by atoms with E-state index >= 15 is 0 Å². The molecule has 0 aromatic heterocycles. The largest absolute Gasteiger partial charge is 0.387 e. The third kappa shape index (κ3) is 4.02. The molecule has 5 heteroatoms. The van der Waals surface area contributed by atoms with Crippen molar-refractivity contribution in [3.8, 4) is 0 Å². The van der Waals surface area contributed by atoms with Gasteiger partial charge in [0.25, 0.3) is 5.69 Å². The predicted octanol–water partition coefficient (Wildman–Crippen LogP) is 2.65. The zero-order valence-electron chi connectivity index (χ0n) is 11.8. The molecule has 1 fully saturated rings. The number of aliphatic hydroxyl groups excluding tert-OH is 1. The molecule has 1 saturated carbocycles. The Morgan fingerprint density at radius 1 is 1.40 bits per heavy atom. The van der Waals surface area contributed by atoms with Crippen LogP contribution in [0.25, 0.3) is 0 Å². The quantitative estimate of drug-likeness (QED) is 0.619. The molecule has 0 bridgehead atoms. The number of nitro benzene ring substituents is 1. The molecule has 1 aliphatic rings. The highest BCUT2D eigenvalue weighted by molar-refractivity contribution is 5.33. The molecule has 3 unspecified atom stereocenters. The molecule has 0 spiro atoms. The number of non-ortho nitro benzene ring substituents is 1. The van der Waals surface area contributed by atoms with E-state index in [9.17, 15) is 15.2 Å². The Balaban J connectivity index is 1.76. The number of hydrogen-bond acceptors (Lipinski definition) is 4. The van der Waals surface area contributed by atoms with E-state index in [0.717, 1.165) is 12.5 Å². The highest BCUT2D eigenvalue weighted by Gasteiger charge is 2.21. The summed E-state index contributed by atoms with van der Waals surface area (Å²) in [6, 6.07) is 6.08. The van der Waals surface area contributed by atoms with E-state index in [1.54, 1.807) is 12.1 Å². The highest BCUT2D eigenvalue weighted by atomic mass is 16.6. The van der Waals surface area contributed by atoms with Gasteiger partial charge in [-0.25, -0.2) is 0 Å². The molecule has 5 nitrogen and oxygen atoms in total. The molecule has 20 heavy (non-hydrogen) atoms. The van der Waals surface area contributed by atoms with Crippen LogP contribution in [0.5, 0.6) is 0 Å². The number of aliphatic hydroxyl groups is 1. The molecule has 0 aliphatic heterocycles. The number of rotatable bonds is 6. The van der Waals surface area contributed by atoms with E-state index in [0.29, 0.717) is 18.0 Å². The lowest BCUT2D eigenvalue weighted by molar-refractivity contribution is -0.384. The first kappa shape index (κ1) is 14.9. The Morgan fingerprint density at radius 3 is 2.65 bits per heavy atom. The zero-order chi connectivity index (χ0) is 14.5. The molecule has 1 aromatic rings. The van der Waals surface area contributed by atoms with Gasteiger partial charge in [-0.1, -0.05) is 13.3 Å². The van der Waals surface area contributed by atoms with Gasteiger partial charge in [-0.3, -0.25) is 10.1 Å². The second-order valence-electron chi connectivity index (χ2n) is 5.81. The van der Waals surface area contributed by atoms with E-state index in [1.807, 2.05) is 0 Å². The van der Waals surface area contributed by atoms with Crippen LogP contribution in [0.15, 0.2) is 24.3 Å². The molecule has 1 aromatic carbocycles. The van der Waals surface area contributed by atoms with Gasteiger partial charge in [0.15, 0.2) is 0 Å². The van der Waals surface area contributed by atoms with Crippen molar-refractivity contribution in [1.29, 1.82) is 0 Å². The van der Waals surface area contributed by atoms with Crippen LogP contribution in [0.2, 0.25) is 0 Å². The lowest BCUT2D eigenvalue weighted by Gasteiger charge is -2.15. The monoisotopic (exact) mass is 278 g/mol. The van der Waals surface area contributed by atoms with Crippen LogP contribution in [0, 0.1) is 22.0 Å². The number of hydrogen-bond donors (Lipinski definition) is 2. The van der Waals surface area contributed by atoms with Crippen molar-refractivity contribution < 1.29 is 10.0 Å². The van der Waals surface area contributed by atoms with E-state index < -0.39 is 11.0 Å². The first-order chi connectivity index (χ1) is 9.56. The van der Waals surface area contributed by atoms with Crippen LogP contribution in [0.3, 0.4) is 0 Å². The number of nitrogens with zero attached hydrogens (tertiary/aromatic N) is 1. The minimum absolute atomic E-state index is 0.0499. The Morgan fingerprint density at radius 2 is 2.10 bits per heavy atom. The minimum atomic E-state index is -0.616. The Labute approximate surface area is 119 Å². The normalized spacial score (nSPS) is 23.7. The van der Waals surface area contributed by atoms with Crippen molar-refractivity contribution in [2.45, 2.75) is 32.3 Å². The lowest BCUT2D eigenvalue weighted by Crippen LogP contribution is -2.26. The molecule has 2 N–H and O–H groups in total. The zero-order valence-corrected chi connectivity index (χ0v) is 11.8. The SMILES string of the molecule is CC1CCC(CNCC(O)c2ccc([N+](=O)[O-])cc2)C1. The fourth-order valence-electron chi connectivity index (χ4n) is 2.87. The van der Waals surface area contributed by atoms with Gasteiger partial charge in [-0.15, -0.1) is 0 Å². The first-order valence-electron chi connectivity index (χ1n) is 7.19. The van der Waals surface area contributed by atoms with Gasteiger partial charge in [0.05, 0.1) is 11.0 Å². The summed E-state index contributed by atoms with van der Waals surface area (Å²) in [5.74, 6) is 1.54. The van der Waals surface area contributed by atoms with E-state index in [4.69, 9.17) is 0 Å². The van der Waals surface area contributed by atoms with Crippen LogP contribution in [0.1, 0.15) is 37.9 Å². The summed E-state index contributed by atoms with van der Waals surface area (Å²) in [4.78, 5) is 10.1. The Hall–Kier alpha value is -1.46. The number of nitro groups is 1. The van der Waals surface area contributed by atoms with Crippen LogP contribution < -0.4 is 5.32 Å². The molecule has 1 aliphatic carbocycles. The van der Waals surface area contributed by atoms with Gasteiger partial charge in [0, 0.05) is 18.7 Å². The Bertz CT molecular complexity index is 447. The summed E-state index contributed by atoms with van der Waals surface area (Å²) < 4.78 is 0. The van der Waals surface area contributed by atoms with Crippen LogP contribution >= 0.6 is 0 Å². The molecule has 0 amide bonds.